The Morgan fingerprint density at radius 1 is 1.35 bits per heavy atom. The maximum atomic E-state index is 12.2. The van der Waals surface area contributed by atoms with Crippen LogP contribution >= 0.6 is 12.4 Å². The Labute approximate surface area is 124 Å². The fourth-order valence-corrected chi connectivity index (χ4v) is 1.90. The van der Waals surface area contributed by atoms with Gasteiger partial charge < -0.3 is 10.6 Å². The van der Waals surface area contributed by atoms with Gasteiger partial charge in [0.05, 0.1) is 11.8 Å². The molecule has 0 aliphatic carbocycles. The van der Waals surface area contributed by atoms with Crippen molar-refractivity contribution >= 4 is 24.0 Å². The van der Waals surface area contributed by atoms with Gasteiger partial charge in [-0.2, -0.15) is 5.10 Å². The third-order valence-corrected chi connectivity index (χ3v) is 3.11. The van der Waals surface area contributed by atoms with Crippen LogP contribution in [0.5, 0.6) is 0 Å². The highest BCUT2D eigenvalue weighted by Crippen LogP contribution is 2.16. The minimum Gasteiger partial charge on any atom is -0.322 e. The van der Waals surface area contributed by atoms with E-state index in [-0.39, 0.29) is 18.3 Å². The molecule has 0 aliphatic heterocycles. The van der Waals surface area contributed by atoms with Crippen LogP contribution in [0.2, 0.25) is 0 Å². The first-order chi connectivity index (χ1) is 9.13. The lowest BCUT2D eigenvalue weighted by molar-refractivity contribution is 0.102. The summed E-state index contributed by atoms with van der Waals surface area (Å²) in [5.74, 6) is -0.130. The molecule has 0 spiro atoms. The van der Waals surface area contributed by atoms with Gasteiger partial charge in [-0.1, -0.05) is 18.2 Å². The summed E-state index contributed by atoms with van der Waals surface area (Å²) in [6.45, 7) is 2.59. The molecule has 0 fully saturated rings. The van der Waals surface area contributed by atoms with E-state index in [1.807, 2.05) is 45.3 Å². The maximum Gasteiger partial charge on any atom is 0.259 e. The van der Waals surface area contributed by atoms with Crippen LogP contribution in [0.15, 0.2) is 30.5 Å². The van der Waals surface area contributed by atoms with Crippen LogP contribution in [0.25, 0.3) is 0 Å². The summed E-state index contributed by atoms with van der Waals surface area (Å²) in [6, 6.07) is 7.75. The van der Waals surface area contributed by atoms with Crippen LogP contribution in [0, 0.1) is 6.92 Å². The van der Waals surface area contributed by atoms with Crippen LogP contribution in [-0.4, -0.2) is 22.7 Å². The van der Waals surface area contributed by atoms with Gasteiger partial charge in [-0.3, -0.25) is 9.48 Å². The van der Waals surface area contributed by atoms with Crippen molar-refractivity contribution < 1.29 is 4.79 Å². The molecule has 5 nitrogen and oxygen atoms in total. The highest BCUT2D eigenvalue weighted by Gasteiger charge is 2.13. The van der Waals surface area contributed by atoms with E-state index in [4.69, 9.17) is 0 Å². The Morgan fingerprint density at radius 2 is 2.05 bits per heavy atom. The molecule has 1 heterocycles. The molecule has 0 atom stereocenters. The molecule has 2 rings (SSSR count). The standard InChI is InChI=1S/C14H18N4O.ClH/c1-10-12(9-16-18(10)3)14(19)17-13-7-5-4-6-11(13)8-15-2;/h4-7,9,15H,8H2,1-3H3,(H,17,19);1H. The van der Waals surface area contributed by atoms with Gasteiger partial charge in [-0.25, -0.2) is 0 Å². The fourth-order valence-electron chi connectivity index (χ4n) is 1.90. The van der Waals surface area contributed by atoms with E-state index in [0.29, 0.717) is 12.1 Å². The van der Waals surface area contributed by atoms with Crippen molar-refractivity contribution in [2.24, 2.45) is 7.05 Å². The highest BCUT2D eigenvalue weighted by molar-refractivity contribution is 6.05. The fraction of sp³-hybridized carbons (Fsp3) is 0.286. The van der Waals surface area contributed by atoms with Crippen LogP contribution in [0.1, 0.15) is 21.6 Å². The number of aryl methyl sites for hydroxylation is 1. The molecule has 0 aliphatic rings. The number of halogens is 1. The van der Waals surface area contributed by atoms with Gasteiger partial charge >= 0.3 is 0 Å². The van der Waals surface area contributed by atoms with Gasteiger partial charge in [0.1, 0.15) is 0 Å². The summed E-state index contributed by atoms with van der Waals surface area (Å²) < 4.78 is 1.69. The molecule has 2 aromatic rings. The molecule has 0 radical (unpaired) electrons. The van der Waals surface area contributed by atoms with Crippen LogP contribution in [0.3, 0.4) is 0 Å². The number of rotatable bonds is 4. The number of nitrogens with zero attached hydrogens (tertiary/aromatic N) is 2. The summed E-state index contributed by atoms with van der Waals surface area (Å²) in [4.78, 5) is 12.2. The van der Waals surface area contributed by atoms with Gasteiger partial charge in [0.2, 0.25) is 0 Å². The summed E-state index contributed by atoms with van der Waals surface area (Å²) >= 11 is 0. The number of nitrogens with one attached hydrogen (secondary N) is 2. The molecular formula is C14H19ClN4O. The minimum absolute atomic E-state index is 0. The average molecular weight is 295 g/mol. The van der Waals surface area contributed by atoms with E-state index < -0.39 is 0 Å². The number of hydrogen-bond acceptors (Lipinski definition) is 3. The van der Waals surface area contributed by atoms with Crippen molar-refractivity contribution in [2.75, 3.05) is 12.4 Å². The Balaban J connectivity index is 0.00000200. The van der Waals surface area contributed by atoms with E-state index in [0.717, 1.165) is 16.9 Å². The van der Waals surface area contributed by atoms with Crippen molar-refractivity contribution in [1.82, 2.24) is 15.1 Å². The molecule has 0 unspecified atom stereocenters. The number of hydrogen-bond donors (Lipinski definition) is 2. The van der Waals surface area contributed by atoms with Crippen LogP contribution in [-0.2, 0) is 13.6 Å². The molecule has 0 saturated heterocycles. The molecule has 2 N–H and O–H groups in total. The normalized spacial score (nSPS) is 9.95. The SMILES string of the molecule is CNCc1ccccc1NC(=O)c1cnn(C)c1C.Cl. The number of carbonyl (C=O) groups excluding carboxylic acids is 1. The summed E-state index contributed by atoms with van der Waals surface area (Å²) in [5, 5.41) is 10.1. The number of para-hydroxylation sites is 1. The lowest BCUT2D eigenvalue weighted by Gasteiger charge is -2.10. The molecule has 1 aromatic heterocycles. The maximum absolute atomic E-state index is 12.2. The Morgan fingerprint density at radius 3 is 2.65 bits per heavy atom. The second-order valence-corrected chi connectivity index (χ2v) is 4.41. The topological polar surface area (TPSA) is 58.9 Å². The lowest BCUT2D eigenvalue weighted by Crippen LogP contribution is -2.16. The van der Waals surface area contributed by atoms with Gasteiger partial charge in [0.15, 0.2) is 0 Å². The third-order valence-electron chi connectivity index (χ3n) is 3.11. The molecule has 6 heteroatoms. The third kappa shape index (κ3) is 3.37. The van der Waals surface area contributed by atoms with Crippen LogP contribution < -0.4 is 10.6 Å². The molecule has 20 heavy (non-hydrogen) atoms. The number of benzene rings is 1. The number of carbonyl (C=O) groups is 1. The predicted molar refractivity (Wildman–Crippen MR) is 82.4 cm³/mol. The van der Waals surface area contributed by atoms with E-state index in [2.05, 4.69) is 15.7 Å². The lowest BCUT2D eigenvalue weighted by atomic mass is 10.1. The van der Waals surface area contributed by atoms with Crippen molar-refractivity contribution in [1.29, 1.82) is 0 Å². The quantitative estimate of drug-likeness (QED) is 0.908. The summed E-state index contributed by atoms with van der Waals surface area (Å²) in [5.41, 5.74) is 3.33. The minimum atomic E-state index is -0.130. The van der Waals surface area contributed by atoms with Crippen molar-refractivity contribution in [3.63, 3.8) is 0 Å². The number of anilines is 1. The predicted octanol–water partition coefficient (Wildman–Crippen LogP) is 2.12. The second kappa shape index (κ2) is 7.07. The zero-order chi connectivity index (χ0) is 13.8. The zero-order valence-electron chi connectivity index (χ0n) is 11.8. The second-order valence-electron chi connectivity index (χ2n) is 4.41. The van der Waals surface area contributed by atoms with Gasteiger partial charge in [-0.05, 0) is 25.6 Å². The molecule has 0 bridgehead atoms. The van der Waals surface area contributed by atoms with Crippen LogP contribution in [0.4, 0.5) is 5.69 Å². The van der Waals surface area contributed by atoms with E-state index in [1.165, 1.54) is 0 Å². The van der Waals surface area contributed by atoms with E-state index in [1.54, 1.807) is 10.9 Å². The largest absolute Gasteiger partial charge is 0.322 e. The van der Waals surface area contributed by atoms with Crippen molar-refractivity contribution in [3.8, 4) is 0 Å². The summed E-state index contributed by atoms with van der Waals surface area (Å²) in [6.07, 6.45) is 1.59. The molecule has 1 aromatic carbocycles. The van der Waals surface area contributed by atoms with Gasteiger partial charge in [0, 0.05) is 25.0 Å². The average Bonchev–Trinajstić information content (AvgIpc) is 2.73. The molecule has 0 saturated carbocycles. The smallest absolute Gasteiger partial charge is 0.259 e. The first-order valence-corrected chi connectivity index (χ1v) is 6.16. The Hall–Kier alpha value is -1.85. The van der Waals surface area contributed by atoms with Crippen molar-refractivity contribution in [2.45, 2.75) is 13.5 Å². The highest BCUT2D eigenvalue weighted by atomic mass is 35.5. The Kier molecular flexibility index (Phi) is 5.73. The first-order valence-electron chi connectivity index (χ1n) is 6.16. The monoisotopic (exact) mass is 294 g/mol. The van der Waals surface area contributed by atoms with Gasteiger partial charge in [-0.15, -0.1) is 12.4 Å². The van der Waals surface area contributed by atoms with E-state index in [9.17, 15) is 4.79 Å². The first kappa shape index (κ1) is 16.2. The van der Waals surface area contributed by atoms with Crippen molar-refractivity contribution in [3.05, 3.63) is 47.3 Å². The molecule has 1 amide bonds. The molecular weight excluding hydrogens is 276 g/mol. The van der Waals surface area contributed by atoms with E-state index >= 15 is 0 Å². The Bertz CT molecular complexity index is 595. The number of aromatic nitrogens is 2. The van der Waals surface area contributed by atoms with Gasteiger partial charge in [0.25, 0.3) is 5.91 Å². The summed E-state index contributed by atoms with van der Waals surface area (Å²) in [7, 11) is 3.70. The molecule has 108 valence electrons. The zero-order valence-corrected chi connectivity index (χ0v) is 12.6. The number of amides is 1.